The smallest absolute Gasteiger partial charge is 0.118 e. The van der Waals surface area contributed by atoms with E-state index in [9.17, 15) is 0 Å². The van der Waals surface area contributed by atoms with E-state index in [0.29, 0.717) is 6.54 Å². The predicted molar refractivity (Wildman–Crippen MR) is 64.9 cm³/mol. The van der Waals surface area contributed by atoms with Crippen LogP contribution in [0, 0.1) is 5.92 Å². The summed E-state index contributed by atoms with van der Waals surface area (Å²) < 4.78 is 5.50. The largest absolute Gasteiger partial charge is 0.468 e. The summed E-state index contributed by atoms with van der Waals surface area (Å²) in [6, 6.07) is 2.07. The van der Waals surface area contributed by atoms with Crippen LogP contribution in [0.4, 0.5) is 0 Å². The maximum absolute atomic E-state index is 5.56. The molecule has 1 aliphatic carbocycles. The second kappa shape index (κ2) is 5.51. The van der Waals surface area contributed by atoms with Crippen LogP contribution in [0.5, 0.6) is 0 Å². The van der Waals surface area contributed by atoms with Gasteiger partial charge < -0.3 is 10.2 Å². The molecule has 1 aromatic rings. The molecule has 0 aromatic carbocycles. The zero-order valence-electron chi connectivity index (χ0n) is 10.1. The average Bonchev–Trinajstić information content (AvgIpc) is 2.69. The molecule has 0 amide bonds. The van der Waals surface area contributed by atoms with Crippen LogP contribution >= 0.6 is 0 Å². The van der Waals surface area contributed by atoms with Crippen molar-refractivity contribution in [2.24, 2.45) is 11.7 Å². The minimum absolute atomic E-state index is 0.568. The third-order valence-electron chi connectivity index (χ3n) is 3.51. The summed E-state index contributed by atoms with van der Waals surface area (Å²) >= 11 is 0. The van der Waals surface area contributed by atoms with Gasteiger partial charge in [0.1, 0.15) is 5.76 Å². The van der Waals surface area contributed by atoms with Gasteiger partial charge in [0.25, 0.3) is 0 Å². The number of hydrogen-bond donors (Lipinski definition) is 1. The number of furan rings is 1. The molecule has 1 aliphatic rings. The van der Waals surface area contributed by atoms with Gasteiger partial charge in [-0.25, -0.2) is 0 Å². The lowest BCUT2D eigenvalue weighted by molar-refractivity contribution is 0.169. The van der Waals surface area contributed by atoms with Gasteiger partial charge in [-0.05, 0) is 31.4 Å². The minimum Gasteiger partial charge on any atom is -0.468 e. The summed E-state index contributed by atoms with van der Waals surface area (Å²) in [6.45, 7) is 6.01. The lowest BCUT2D eigenvalue weighted by atomic mass is 9.85. The quantitative estimate of drug-likeness (QED) is 0.803. The molecule has 90 valence electrons. The van der Waals surface area contributed by atoms with Gasteiger partial charge in [-0.1, -0.05) is 13.3 Å². The second-order valence-electron chi connectivity index (χ2n) is 4.75. The Morgan fingerprint density at radius 1 is 1.50 bits per heavy atom. The van der Waals surface area contributed by atoms with Crippen molar-refractivity contribution in [3.05, 3.63) is 23.7 Å². The Labute approximate surface area is 97.6 Å². The van der Waals surface area contributed by atoms with E-state index in [1.54, 1.807) is 6.26 Å². The zero-order valence-corrected chi connectivity index (χ0v) is 10.1. The summed E-state index contributed by atoms with van der Waals surface area (Å²) in [5.74, 6) is 1.96. The van der Waals surface area contributed by atoms with Gasteiger partial charge in [-0.15, -0.1) is 0 Å². The van der Waals surface area contributed by atoms with Crippen LogP contribution < -0.4 is 5.73 Å². The molecule has 1 aromatic heterocycles. The van der Waals surface area contributed by atoms with E-state index in [1.165, 1.54) is 25.8 Å². The third kappa shape index (κ3) is 2.86. The standard InChI is InChI=1S/C13H22N2O/c1-2-15(8-11-4-3-5-11)9-13-6-12(7-14)10-16-13/h6,10-11H,2-5,7-9,14H2,1H3. The maximum Gasteiger partial charge on any atom is 0.118 e. The van der Waals surface area contributed by atoms with Crippen molar-refractivity contribution in [3.63, 3.8) is 0 Å². The number of nitrogens with zero attached hydrogens (tertiary/aromatic N) is 1. The first-order valence-electron chi connectivity index (χ1n) is 6.30. The van der Waals surface area contributed by atoms with Crippen molar-refractivity contribution in [3.8, 4) is 0 Å². The first kappa shape index (κ1) is 11.7. The lowest BCUT2D eigenvalue weighted by Crippen LogP contribution is -2.31. The Kier molecular flexibility index (Phi) is 4.02. The lowest BCUT2D eigenvalue weighted by Gasteiger charge is -2.31. The predicted octanol–water partition coefficient (Wildman–Crippen LogP) is 2.36. The normalized spacial score (nSPS) is 16.7. The summed E-state index contributed by atoms with van der Waals surface area (Å²) in [5, 5.41) is 0. The molecule has 2 rings (SSSR count). The maximum atomic E-state index is 5.56. The molecule has 0 spiro atoms. The average molecular weight is 222 g/mol. The second-order valence-corrected chi connectivity index (χ2v) is 4.75. The summed E-state index contributed by atoms with van der Waals surface area (Å²) in [4.78, 5) is 2.46. The van der Waals surface area contributed by atoms with Crippen LogP contribution in [0.2, 0.25) is 0 Å². The molecule has 3 nitrogen and oxygen atoms in total. The molecule has 0 bridgehead atoms. The van der Waals surface area contributed by atoms with Crippen molar-refractivity contribution in [2.75, 3.05) is 13.1 Å². The highest BCUT2D eigenvalue weighted by atomic mass is 16.3. The highest BCUT2D eigenvalue weighted by Gasteiger charge is 2.20. The first-order valence-corrected chi connectivity index (χ1v) is 6.30. The highest BCUT2D eigenvalue weighted by Crippen LogP contribution is 2.27. The van der Waals surface area contributed by atoms with Crippen molar-refractivity contribution in [1.82, 2.24) is 4.90 Å². The van der Waals surface area contributed by atoms with E-state index in [-0.39, 0.29) is 0 Å². The topological polar surface area (TPSA) is 42.4 Å². The van der Waals surface area contributed by atoms with Gasteiger partial charge in [-0.2, -0.15) is 0 Å². The zero-order chi connectivity index (χ0) is 11.4. The van der Waals surface area contributed by atoms with E-state index >= 15 is 0 Å². The van der Waals surface area contributed by atoms with E-state index in [1.807, 2.05) is 0 Å². The SMILES string of the molecule is CCN(Cc1cc(CN)co1)CC1CCC1. The van der Waals surface area contributed by atoms with Gasteiger partial charge in [0.2, 0.25) is 0 Å². The van der Waals surface area contributed by atoms with Crippen LogP contribution in [0.15, 0.2) is 16.7 Å². The van der Waals surface area contributed by atoms with Crippen LogP contribution in [0.1, 0.15) is 37.5 Å². The monoisotopic (exact) mass is 222 g/mol. The van der Waals surface area contributed by atoms with E-state index < -0.39 is 0 Å². The van der Waals surface area contributed by atoms with Gasteiger partial charge in [0.05, 0.1) is 12.8 Å². The Hall–Kier alpha value is -0.800. The Morgan fingerprint density at radius 2 is 2.31 bits per heavy atom. The molecule has 3 heteroatoms. The van der Waals surface area contributed by atoms with Gasteiger partial charge in [0, 0.05) is 18.7 Å². The van der Waals surface area contributed by atoms with Crippen LogP contribution in [0.25, 0.3) is 0 Å². The van der Waals surface area contributed by atoms with E-state index in [2.05, 4.69) is 17.9 Å². The molecule has 0 aliphatic heterocycles. The van der Waals surface area contributed by atoms with Crippen molar-refractivity contribution in [1.29, 1.82) is 0 Å². The fraction of sp³-hybridized carbons (Fsp3) is 0.692. The molecule has 1 saturated carbocycles. The van der Waals surface area contributed by atoms with Gasteiger partial charge in [0.15, 0.2) is 0 Å². The van der Waals surface area contributed by atoms with E-state index in [4.69, 9.17) is 10.2 Å². The Balaban J connectivity index is 1.84. The van der Waals surface area contributed by atoms with Crippen molar-refractivity contribution in [2.45, 2.75) is 39.3 Å². The van der Waals surface area contributed by atoms with E-state index in [0.717, 1.165) is 30.3 Å². The molecule has 2 N–H and O–H groups in total. The third-order valence-corrected chi connectivity index (χ3v) is 3.51. The minimum atomic E-state index is 0.568. The molecule has 0 saturated heterocycles. The molecule has 16 heavy (non-hydrogen) atoms. The van der Waals surface area contributed by atoms with Gasteiger partial charge >= 0.3 is 0 Å². The first-order chi connectivity index (χ1) is 7.81. The van der Waals surface area contributed by atoms with Crippen molar-refractivity contribution < 1.29 is 4.42 Å². The van der Waals surface area contributed by atoms with Gasteiger partial charge in [-0.3, -0.25) is 4.90 Å². The number of hydrogen-bond acceptors (Lipinski definition) is 3. The molecule has 0 atom stereocenters. The number of rotatable bonds is 6. The molecular formula is C13H22N2O. The summed E-state index contributed by atoms with van der Waals surface area (Å²) in [5.41, 5.74) is 6.66. The molecular weight excluding hydrogens is 200 g/mol. The fourth-order valence-corrected chi connectivity index (χ4v) is 2.18. The molecule has 0 unspecified atom stereocenters. The molecule has 1 heterocycles. The fourth-order valence-electron chi connectivity index (χ4n) is 2.18. The Bertz CT molecular complexity index is 317. The highest BCUT2D eigenvalue weighted by molar-refractivity contribution is 5.12. The summed E-state index contributed by atoms with van der Waals surface area (Å²) in [6.07, 6.45) is 6.00. The van der Waals surface area contributed by atoms with Crippen LogP contribution in [-0.2, 0) is 13.1 Å². The molecule has 0 radical (unpaired) electrons. The number of nitrogens with two attached hydrogens (primary N) is 1. The molecule has 1 fully saturated rings. The van der Waals surface area contributed by atoms with Crippen molar-refractivity contribution >= 4 is 0 Å². The Morgan fingerprint density at radius 3 is 2.81 bits per heavy atom. The summed E-state index contributed by atoms with van der Waals surface area (Å²) in [7, 11) is 0. The van der Waals surface area contributed by atoms with Crippen LogP contribution in [0.3, 0.4) is 0 Å². The van der Waals surface area contributed by atoms with Crippen LogP contribution in [-0.4, -0.2) is 18.0 Å².